The summed E-state index contributed by atoms with van der Waals surface area (Å²) in [7, 11) is 0. The minimum absolute atomic E-state index is 0.344. The third kappa shape index (κ3) is 4.66. The van der Waals surface area contributed by atoms with Crippen LogP contribution >= 0.6 is 0 Å². The van der Waals surface area contributed by atoms with Crippen molar-refractivity contribution < 1.29 is 0 Å². The number of fused-ring (bicyclic) bond motifs is 3. The largest absolute Gasteiger partial charge is 0.344 e. The Labute approximate surface area is 249 Å². The third-order valence-electron chi connectivity index (χ3n) is 8.02. The molecule has 0 radical (unpaired) electrons. The van der Waals surface area contributed by atoms with Crippen LogP contribution in [-0.4, -0.2) is 23.6 Å². The minimum atomic E-state index is -0.344. The molecule has 43 heavy (non-hydrogen) atoms. The van der Waals surface area contributed by atoms with Crippen molar-refractivity contribution in [3.05, 3.63) is 168 Å². The maximum atomic E-state index is 5.17. The average Bonchev–Trinajstić information content (AvgIpc) is 3.64. The molecule has 0 bridgehead atoms. The van der Waals surface area contributed by atoms with E-state index in [4.69, 9.17) is 9.98 Å². The molecule has 1 atom stereocenters. The van der Waals surface area contributed by atoms with Crippen molar-refractivity contribution in [3.63, 3.8) is 0 Å². The molecular weight excluding hydrogens is 524 g/mol. The van der Waals surface area contributed by atoms with Crippen LogP contribution in [0.5, 0.6) is 0 Å². The SMILES string of the molecule is C1=CC(c2cc(-c3cc4ccccc4c4ccccc34)cc(C3N=C(c4ccccc4)N=C(c4ccccc4)N3)c2)=[N+]=C1. The molecule has 2 aliphatic heterocycles. The van der Waals surface area contributed by atoms with Gasteiger partial charge in [-0.1, -0.05) is 114 Å². The molecule has 6 aromatic carbocycles. The highest BCUT2D eigenvalue weighted by Gasteiger charge is 2.24. The maximum absolute atomic E-state index is 5.17. The molecule has 202 valence electrons. The van der Waals surface area contributed by atoms with Crippen LogP contribution in [0.4, 0.5) is 0 Å². The number of nitrogens with zero attached hydrogens (tertiary/aromatic N) is 3. The normalized spacial score (nSPS) is 15.7. The van der Waals surface area contributed by atoms with Gasteiger partial charge in [0.05, 0.1) is 5.56 Å². The Hall–Kier alpha value is -5.83. The smallest absolute Gasteiger partial charge is 0.334 e. The molecule has 4 nitrogen and oxygen atoms in total. The second kappa shape index (κ2) is 10.5. The van der Waals surface area contributed by atoms with Crippen LogP contribution in [-0.2, 0) is 0 Å². The molecule has 1 N–H and O–H groups in total. The monoisotopic (exact) mass is 551 g/mol. The molecule has 2 aliphatic rings. The number of rotatable bonds is 5. The van der Waals surface area contributed by atoms with E-state index in [2.05, 4.69) is 113 Å². The van der Waals surface area contributed by atoms with E-state index in [1.165, 1.54) is 27.1 Å². The molecule has 0 aromatic heterocycles. The summed E-state index contributed by atoms with van der Waals surface area (Å²) >= 11 is 0. The van der Waals surface area contributed by atoms with Gasteiger partial charge in [-0.3, -0.25) is 0 Å². The van der Waals surface area contributed by atoms with Crippen LogP contribution in [0, 0.1) is 0 Å². The molecule has 0 spiro atoms. The first-order valence-corrected chi connectivity index (χ1v) is 14.5. The van der Waals surface area contributed by atoms with Crippen LogP contribution in [0.3, 0.4) is 0 Å². The number of hydrogen-bond donors (Lipinski definition) is 1. The van der Waals surface area contributed by atoms with Gasteiger partial charge in [0.15, 0.2) is 5.84 Å². The van der Waals surface area contributed by atoms with Gasteiger partial charge in [-0.05, 0) is 62.5 Å². The minimum Gasteiger partial charge on any atom is -0.344 e. The van der Waals surface area contributed by atoms with Crippen LogP contribution in [0.15, 0.2) is 156 Å². The molecule has 0 fully saturated rings. The fourth-order valence-corrected chi connectivity index (χ4v) is 5.96. The molecule has 0 aliphatic carbocycles. The zero-order chi connectivity index (χ0) is 28.6. The Morgan fingerprint density at radius 3 is 2.02 bits per heavy atom. The van der Waals surface area contributed by atoms with E-state index in [0.717, 1.165) is 39.4 Å². The lowest BCUT2D eigenvalue weighted by atomic mass is 9.90. The highest BCUT2D eigenvalue weighted by atomic mass is 15.2. The van der Waals surface area contributed by atoms with Gasteiger partial charge in [-0.25, -0.2) is 9.98 Å². The Morgan fingerprint density at radius 2 is 1.26 bits per heavy atom. The average molecular weight is 552 g/mol. The first-order chi connectivity index (χ1) is 21.3. The second-order valence-electron chi connectivity index (χ2n) is 10.7. The first kappa shape index (κ1) is 24.9. The van der Waals surface area contributed by atoms with Gasteiger partial charge in [0.2, 0.25) is 0 Å². The topological polar surface area (TPSA) is 50.9 Å². The second-order valence-corrected chi connectivity index (χ2v) is 10.7. The number of amidine groups is 2. The zero-order valence-electron chi connectivity index (χ0n) is 23.4. The van der Waals surface area contributed by atoms with Crippen LogP contribution in [0.25, 0.3) is 32.7 Å². The van der Waals surface area contributed by atoms with Crippen LogP contribution in [0.2, 0.25) is 0 Å². The van der Waals surface area contributed by atoms with Gasteiger partial charge >= 0.3 is 5.71 Å². The van der Waals surface area contributed by atoms with Crippen molar-refractivity contribution in [1.82, 2.24) is 9.98 Å². The maximum Gasteiger partial charge on any atom is 0.334 e. The summed E-state index contributed by atoms with van der Waals surface area (Å²) in [6, 6.07) is 46.7. The number of aliphatic imine (C=N–C) groups is 2. The summed E-state index contributed by atoms with van der Waals surface area (Å²) in [5.74, 6) is 1.51. The van der Waals surface area contributed by atoms with Crippen molar-refractivity contribution in [2.75, 3.05) is 0 Å². The number of nitrogens with one attached hydrogen (secondary N) is 1. The Morgan fingerprint density at radius 1 is 0.581 bits per heavy atom. The van der Waals surface area contributed by atoms with Crippen LogP contribution < -0.4 is 9.98 Å². The quantitative estimate of drug-likeness (QED) is 0.174. The Bertz CT molecular complexity index is 2180. The Balaban J connectivity index is 1.34. The van der Waals surface area contributed by atoms with Gasteiger partial charge in [-0.15, -0.1) is 0 Å². The van der Waals surface area contributed by atoms with Crippen molar-refractivity contribution in [2.45, 2.75) is 6.17 Å². The fourth-order valence-electron chi connectivity index (χ4n) is 5.96. The molecule has 4 heteroatoms. The summed E-state index contributed by atoms with van der Waals surface area (Å²) < 4.78 is 4.66. The Kier molecular flexibility index (Phi) is 6.11. The van der Waals surface area contributed by atoms with E-state index in [1.807, 2.05) is 48.7 Å². The first-order valence-electron chi connectivity index (χ1n) is 14.5. The molecule has 0 saturated carbocycles. The van der Waals surface area contributed by atoms with E-state index in [0.29, 0.717) is 5.84 Å². The fraction of sp³-hybridized carbons (Fsp3) is 0.0256. The highest BCUT2D eigenvalue weighted by molar-refractivity contribution is 6.17. The van der Waals surface area contributed by atoms with Gasteiger partial charge in [0.25, 0.3) is 6.21 Å². The summed E-state index contributed by atoms with van der Waals surface area (Å²) in [5, 5.41) is 8.58. The van der Waals surface area contributed by atoms with Gasteiger partial charge < -0.3 is 5.32 Å². The van der Waals surface area contributed by atoms with E-state index in [1.54, 1.807) is 0 Å². The lowest BCUT2D eigenvalue weighted by Crippen LogP contribution is -2.33. The van der Waals surface area contributed by atoms with E-state index >= 15 is 0 Å². The molecule has 8 rings (SSSR count). The summed E-state index contributed by atoms with van der Waals surface area (Å²) in [6.45, 7) is 0. The van der Waals surface area contributed by atoms with E-state index in [9.17, 15) is 0 Å². The van der Waals surface area contributed by atoms with Crippen molar-refractivity contribution in [1.29, 1.82) is 0 Å². The number of hydrogen-bond acceptors (Lipinski definition) is 3. The third-order valence-corrected chi connectivity index (χ3v) is 8.02. The molecular formula is C39H27N4+. The molecule has 1 unspecified atom stereocenters. The predicted octanol–water partition coefficient (Wildman–Crippen LogP) is 7.65. The summed E-state index contributed by atoms with van der Waals surface area (Å²) in [5.41, 5.74) is 7.35. The van der Waals surface area contributed by atoms with E-state index < -0.39 is 0 Å². The highest BCUT2D eigenvalue weighted by Crippen LogP contribution is 2.37. The number of allylic oxidation sites excluding steroid dienone is 2. The van der Waals surface area contributed by atoms with E-state index in [-0.39, 0.29) is 6.17 Å². The van der Waals surface area contributed by atoms with Crippen molar-refractivity contribution in [3.8, 4) is 11.1 Å². The lowest BCUT2D eigenvalue weighted by molar-refractivity contribution is 0.674. The van der Waals surface area contributed by atoms with Crippen molar-refractivity contribution >= 4 is 45.1 Å². The predicted molar refractivity (Wildman–Crippen MR) is 180 cm³/mol. The van der Waals surface area contributed by atoms with Gasteiger partial charge in [-0.2, -0.15) is 0 Å². The molecule has 0 saturated heterocycles. The van der Waals surface area contributed by atoms with Gasteiger partial charge in [0.1, 0.15) is 12.0 Å². The number of benzene rings is 6. The zero-order valence-corrected chi connectivity index (χ0v) is 23.4. The molecule has 2 heterocycles. The van der Waals surface area contributed by atoms with Crippen LogP contribution in [0.1, 0.15) is 28.4 Å². The summed E-state index contributed by atoms with van der Waals surface area (Å²) in [6.07, 6.45) is 5.55. The molecule has 6 aromatic rings. The molecule has 0 amide bonds. The lowest BCUT2D eigenvalue weighted by Gasteiger charge is -2.24. The van der Waals surface area contributed by atoms with Crippen molar-refractivity contribution in [2.24, 2.45) is 9.98 Å². The standard InChI is InChI=1S/C39H27N4/c1-3-12-26(13-4-1)37-41-38(27-14-5-2-6-15-27)43-39(42-37)31-23-29(22-30(24-31)36-20-11-21-40-36)35-25-28-16-7-8-17-32(28)33-18-9-10-19-34(33)35/h1-25,39H,(H,41,42,43)/q+1. The van der Waals surface area contributed by atoms with Gasteiger partial charge in [0, 0.05) is 23.3 Å². The summed E-state index contributed by atoms with van der Waals surface area (Å²) in [4.78, 5) is 10.1.